The molecule has 0 heterocycles. The maximum atomic E-state index is 14.2. The Labute approximate surface area is 279 Å². The topological polar surface area (TPSA) is 212 Å². The van der Waals surface area contributed by atoms with Crippen molar-refractivity contribution >= 4 is 29.7 Å². The summed E-state index contributed by atoms with van der Waals surface area (Å²) in [6.45, 7) is 19.6. The van der Waals surface area contributed by atoms with Gasteiger partial charge in [-0.2, -0.15) is 0 Å². The number of aliphatic hydroxyl groups excluding tert-OH is 1. The molecule has 48 heavy (non-hydrogen) atoms. The number of aliphatic hydroxyl groups is 3. The van der Waals surface area contributed by atoms with Gasteiger partial charge in [-0.15, -0.1) is 0 Å². The van der Waals surface area contributed by atoms with Gasteiger partial charge in [0.05, 0.1) is 11.5 Å². The van der Waals surface area contributed by atoms with Crippen LogP contribution in [0.3, 0.4) is 0 Å². The van der Waals surface area contributed by atoms with E-state index >= 15 is 0 Å². The van der Waals surface area contributed by atoms with Crippen LogP contribution in [0.2, 0.25) is 0 Å². The number of rotatable bonds is 8. The third-order valence-corrected chi connectivity index (χ3v) is 8.94. The third-order valence-electron chi connectivity index (χ3n) is 8.94. The first kappa shape index (κ1) is 40.5. The number of allylic oxidation sites excluding steroid dienone is 1. The zero-order valence-electron chi connectivity index (χ0n) is 28.8. The summed E-state index contributed by atoms with van der Waals surface area (Å²) in [6.07, 6.45) is -6.45. The lowest BCUT2D eigenvalue weighted by molar-refractivity contribution is -0.264. The number of carbonyl (C=O) groups is 5. The second-order valence-corrected chi connectivity index (χ2v) is 13.3. The van der Waals surface area contributed by atoms with Crippen LogP contribution in [0.1, 0.15) is 68.7 Å². The summed E-state index contributed by atoms with van der Waals surface area (Å²) in [4.78, 5) is 69.6. The second kappa shape index (κ2) is 15.2. The van der Waals surface area contributed by atoms with E-state index in [1.807, 2.05) is 0 Å². The molecule has 0 amide bonds. The van der Waals surface area contributed by atoms with Crippen LogP contribution in [0.4, 0.5) is 0 Å². The fourth-order valence-electron chi connectivity index (χ4n) is 6.02. The molecule has 0 spiro atoms. The van der Waals surface area contributed by atoms with Gasteiger partial charge in [-0.1, -0.05) is 46.1 Å². The highest BCUT2D eigenvalue weighted by Gasteiger charge is 2.64. The highest BCUT2D eigenvalue weighted by molar-refractivity contribution is 5.97. The van der Waals surface area contributed by atoms with Crippen molar-refractivity contribution in [3.63, 3.8) is 0 Å². The second-order valence-electron chi connectivity index (χ2n) is 13.3. The smallest absolute Gasteiger partial charge is 0.336 e. The molecule has 0 aliphatic heterocycles. The molecule has 1 fully saturated rings. The van der Waals surface area contributed by atoms with Gasteiger partial charge < -0.3 is 34.3 Å². The van der Waals surface area contributed by atoms with E-state index in [9.17, 15) is 39.3 Å². The van der Waals surface area contributed by atoms with Gasteiger partial charge in [0, 0.05) is 24.8 Å². The van der Waals surface area contributed by atoms with E-state index in [1.165, 1.54) is 39.8 Å². The van der Waals surface area contributed by atoms with E-state index in [1.54, 1.807) is 13.8 Å². The molecule has 1 unspecified atom stereocenters. The van der Waals surface area contributed by atoms with Gasteiger partial charge in [-0.3, -0.25) is 19.6 Å². The zero-order valence-corrected chi connectivity index (χ0v) is 28.8. The molecule has 0 saturated heterocycles. The molecular formula is C34H48O14. The number of fused-ring (bicyclic) bond motifs is 1. The van der Waals surface area contributed by atoms with E-state index in [0.717, 1.165) is 26.8 Å². The van der Waals surface area contributed by atoms with E-state index in [-0.39, 0.29) is 12.0 Å². The van der Waals surface area contributed by atoms with Crippen molar-refractivity contribution in [3.05, 3.63) is 48.1 Å². The van der Waals surface area contributed by atoms with Crippen LogP contribution in [-0.2, 0) is 47.8 Å². The van der Waals surface area contributed by atoms with Crippen molar-refractivity contribution in [3.8, 4) is 0 Å². The van der Waals surface area contributed by atoms with Crippen LogP contribution < -0.4 is 0 Å². The summed E-state index contributed by atoms with van der Waals surface area (Å²) in [7, 11) is 0. The fourth-order valence-corrected chi connectivity index (χ4v) is 6.02. The minimum atomic E-state index is -2.54. The maximum Gasteiger partial charge on any atom is 0.336 e. The number of carbonyl (C=O) groups excluding carboxylic acids is 5. The zero-order chi connectivity index (χ0) is 37.1. The molecule has 0 aromatic carbocycles. The van der Waals surface area contributed by atoms with Crippen molar-refractivity contribution in [2.45, 2.75) is 117 Å². The molecule has 2 aliphatic carbocycles. The van der Waals surface area contributed by atoms with Crippen molar-refractivity contribution in [1.29, 1.82) is 0 Å². The molecule has 0 aromatic heterocycles. The lowest BCUT2D eigenvalue weighted by Crippen LogP contribution is -2.60. The first-order valence-electron chi connectivity index (χ1n) is 15.4. The standard InChI is InChI=1S/C34H48O14/c1-12-16(2)29(38)46-25-17(3)15-34(42)23(25)26(44-21(7)35)19(5)24(37)27(47-30(39)18(4)20(6)48-43)28(45-22(8)36)32(9,10)13-14-33(11,41)31(34)40/h12-14,17,20,23-28,37,41-43H,4-5,15H2,1-3,6-11H3/b14-13+,16-12-/t17-,20?,23+,24-,25-,26-,27+,28+,33+,34+/m0/s1. The highest BCUT2D eigenvalue weighted by Crippen LogP contribution is 2.49. The van der Waals surface area contributed by atoms with Crippen LogP contribution in [0.5, 0.6) is 0 Å². The molecule has 4 N–H and O–H groups in total. The predicted octanol–water partition coefficient (Wildman–Crippen LogP) is 2.29. The average Bonchev–Trinajstić information content (AvgIpc) is 3.26. The SMILES string of the molecule is C=C(C(=O)O[C@H]1[C@@H](OC(C)=O)C(C)(C)/C=C/[C@@](C)(O)C(=O)[C@@]2(O)C[C@H](C)[C@H](OC(=O)/C(C)=C\C)[C@@H]2[C@@H](OC(C)=O)C(=C)[C@@H]1O)C(C)OO. The van der Waals surface area contributed by atoms with Gasteiger partial charge >= 0.3 is 23.9 Å². The Hall–Kier alpha value is -3.69. The molecule has 0 radical (unpaired) electrons. The number of Topliss-reactive ketones (excluding diaryl/α,β-unsaturated/α-hetero) is 1. The maximum absolute atomic E-state index is 14.2. The molecule has 2 rings (SSSR count). The molecule has 14 nitrogen and oxygen atoms in total. The summed E-state index contributed by atoms with van der Waals surface area (Å²) in [5.74, 6) is -7.39. The Morgan fingerprint density at radius 1 is 0.958 bits per heavy atom. The Balaban J connectivity index is 3.00. The Morgan fingerprint density at radius 3 is 2.00 bits per heavy atom. The van der Waals surface area contributed by atoms with E-state index < -0.39 is 106 Å². The summed E-state index contributed by atoms with van der Waals surface area (Å²) < 4.78 is 22.6. The molecule has 2 aliphatic rings. The number of hydrogen-bond acceptors (Lipinski definition) is 14. The predicted molar refractivity (Wildman–Crippen MR) is 169 cm³/mol. The van der Waals surface area contributed by atoms with Gasteiger partial charge in [-0.05, 0) is 51.7 Å². The minimum absolute atomic E-state index is 0.190. The van der Waals surface area contributed by atoms with Crippen LogP contribution in [-0.4, -0.2) is 98.1 Å². The Bertz CT molecular complexity index is 1370. The summed E-state index contributed by atoms with van der Waals surface area (Å²) >= 11 is 0. The fraction of sp³-hybridized carbons (Fsp3) is 0.618. The Kier molecular flexibility index (Phi) is 12.9. The van der Waals surface area contributed by atoms with E-state index in [0.29, 0.717) is 0 Å². The summed E-state index contributed by atoms with van der Waals surface area (Å²) in [5.41, 5.74) is -7.05. The summed E-state index contributed by atoms with van der Waals surface area (Å²) in [6, 6.07) is 0. The van der Waals surface area contributed by atoms with Gasteiger partial charge in [0.1, 0.15) is 41.7 Å². The van der Waals surface area contributed by atoms with Crippen molar-refractivity contribution < 1.29 is 68.4 Å². The Morgan fingerprint density at radius 2 is 1.50 bits per heavy atom. The lowest BCUT2D eigenvalue weighted by Gasteiger charge is -2.44. The molecule has 0 aromatic rings. The first-order chi connectivity index (χ1) is 22.0. The lowest BCUT2D eigenvalue weighted by atomic mass is 9.71. The van der Waals surface area contributed by atoms with Gasteiger partial charge in [0.2, 0.25) is 0 Å². The van der Waals surface area contributed by atoms with Gasteiger partial charge in [0.15, 0.2) is 11.9 Å². The van der Waals surface area contributed by atoms with Crippen LogP contribution >= 0.6 is 0 Å². The van der Waals surface area contributed by atoms with E-state index in [4.69, 9.17) is 24.2 Å². The molecule has 1 saturated carbocycles. The van der Waals surface area contributed by atoms with Crippen molar-refractivity contribution in [1.82, 2.24) is 0 Å². The number of ketones is 1. The highest BCUT2D eigenvalue weighted by atomic mass is 17.1. The minimum Gasteiger partial charge on any atom is -0.458 e. The molecule has 10 atom stereocenters. The number of hydrogen-bond donors (Lipinski definition) is 4. The van der Waals surface area contributed by atoms with Crippen molar-refractivity contribution in [2.75, 3.05) is 0 Å². The quantitative estimate of drug-likeness (QED) is 0.0724. The van der Waals surface area contributed by atoms with Gasteiger partial charge in [-0.25, -0.2) is 14.5 Å². The largest absolute Gasteiger partial charge is 0.458 e. The average molecular weight is 681 g/mol. The van der Waals surface area contributed by atoms with Crippen LogP contribution in [0.15, 0.2) is 48.1 Å². The monoisotopic (exact) mass is 680 g/mol. The molecule has 268 valence electrons. The number of esters is 4. The molecule has 14 heteroatoms. The first-order valence-corrected chi connectivity index (χ1v) is 15.4. The van der Waals surface area contributed by atoms with E-state index in [2.05, 4.69) is 18.0 Å². The van der Waals surface area contributed by atoms with Crippen LogP contribution in [0, 0.1) is 17.3 Å². The summed E-state index contributed by atoms with van der Waals surface area (Å²) in [5, 5.41) is 44.8. The molecular weight excluding hydrogens is 632 g/mol. The normalized spacial score (nSPS) is 35.2. The molecule has 0 bridgehead atoms. The van der Waals surface area contributed by atoms with Crippen LogP contribution in [0.25, 0.3) is 0 Å². The third kappa shape index (κ3) is 8.47. The van der Waals surface area contributed by atoms with Crippen molar-refractivity contribution in [2.24, 2.45) is 17.3 Å². The van der Waals surface area contributed by atoms with Gasteiger partial charge in [0.25, 0.3) is 0 Å². The number of ether oxygens (including phenoxy) is 4.